The van der Waals surface area contributed by atoms with Crippen LogP contribution < -0.4 is 5.43 Å². The van der Waals surface area contributed by atoms with E-state index in [0.717, 1.165) is 22.0 Å². The van der Waals surface area contributed by atoms with Crippen molar-refractivity contribution in [1.82, 2.24) is 14.8 Å². The Morgan fingerprint density at radius 1 is 1.04 bits per heavy atom. The Morgan fingerprint density at radius 2 is 1.83 bits per heavy atom. The summed E-state index contributed by atoms with van der Waals surface area (Å²) in [6.07, 6.45) is 1.34. The molecule has 0 saturated carbocycles. The monoisotopic (exact) mass is 321 g/mol. The maximum Gasteiger partial charge on any atom is 0.207 e. The summed E-state index contributed by atoms with van der Waals surface area (Å²) in [6.45, 7) is 0.456. The molecule has 0 aliphatic carbocycles. The quantitative estimate of drug-likeness (QED) is 0.529. The number of benzene rings is 2. The number of aromatic nitrogens is 3. The zero-order valence-electron chi connectivity index (χ0n) is 12.1. The minimum absolute atomic E-state index is 0.0837. The second-order valence-corrected chi connectivity index (χ2v) is 5.67. The molecule has 5 heteroatoms. The molecule has 0 aliphatic rings. The minimum atomic E-state index is -0.0837. The van der Waals surface area contributed by atoms with Crippen LogP contribution in [0.1, 0.15) is 5.56 Å². The molecule has 4 nitrogen and oxygen atoms in total. The van der Waals surface area contributed by atoms with Gasteiger partial charge in [0.05, 0.1) is 23.8 Å². The van der Waals surface area contributed by atoms with Crippen LogP contribution >= 0.6 is 11.6 Å². The Labute approximate surface area is 137 Å². The lowest BCUT2D eigenvalue weighted by Gasteiger charge is -2.11. The van der Waals surface area contributed by atoms with Gasteiger partial charge in [0.25, 0.3) is 0 Å². The molecule has 0 atom stereocenters. The van der Waals surface area contributed by atoms with Gasteiger partial charge in [-0.15, -0.1) is 0 Å². The van der Waals surface area contributed by atoms with E-state index in [4.69, 9.17) is 11.6 Å². The minimum Gasteiger partial charge on any atom is -0.287 e. The van der Waals surface area contributed by atoms with Crippen molar-refractivity contribution >= 4 is 33.4 Å². The number of hydrogen-bond acceptors (Lipinski definition) is 3. The molecule has 2 aromatic carbocycles. The average Bonchev–Trinajstić information content (AvgIpc) is 2.58. The van der Waals surface area contributed by atoms with Gasteiger partial charge in [0, 0.05) is 16.3 Å². The fourth-order valence-electron chi connectivity index (χ4n) is 2.70. The molecule has 0 bridgehead atoms. The number of para-hydroxylation sites is 2. The maximum absolute atomic E-state index is 11.9. The predicted molar refractivity (Wildman–Crippen MR) is 91.9 cm³/mol. The van der Waals surface area contributed by atoms with Crippen molar-refractivity contribution < 1.29 is 0 Å². The molecule has 2 aromatic heterocycles. The van der Waals surface area contributed by atoms with Crippen molar-refractivity contribution in [3.05, 3.63) is 81.7 Å². The summed E-state index contributed by atoms with van der Waals surface area (Å²) >= 11 is 6.32. The van der Waals surface area contributed by atoms with Crippen LogP contribution in [-0.2, 0) is 6.54 Å². The van der Waals surface area contributed by atoms with Crippen molar-refractivity contribution in [3.63, 3.8) is 0 Å². The summed E-state index contributed by atoms with van der Waals surface area (Å²) in [5.41, 5.74) is 2.43. The van der Waals surface area contributed by atoms with Gasteiger partial charge in [0.1, 0.15) is 5.15 Å². The van der Waals surface area contributed by atoms with E-state index in [-0.39, 0.29) is 5.43 Å². The highest BCUT2D eigenvalue weighted by atomic mass is 35.5. The number of hydrogen-bond donors (Lipinski definition) is 0. The van der Waals surface area contributed by atoms with Gasteiger partial charge in [-0.3, -0.25) is 9.48 Å². The van der Waals surface area contributed by atoms with Crippen LogP contribution in [0.3, 0.4) is 0 Å². The number of rotatable bonds is 2. The summed E-state index contributed by atoms with van der Waals surface area (Å²) in [7, 11) is 0. The molecule has 0 fully saturated rings. The highest BCUT2D eigenvalue weighted by Crippen LogP contribution is 2.22. The lowest BCUT2D eigenvalue weighted by Crippen LogP contribution is -2.13. The third-order valence-corrected chi connectivity index (χ3v) is 4.16. The first-order valence-electron chi connectivity index (χ1n) is 7.21. The average molecular weight is 322 g/mol. The molecule has 0 saturated heterocycles. The van der Waals surface area contributed by atoms with E-state index >= 15 is 0 Å². The van der Waals surface area contributed by atoms with E-state index in [1.807, 2.05) is 48.5 Å². The van der Waals surface area contributed by atoms with Gasteiger partial charge in [0.2, 0.25) is 5.43 Å². The van der Waals surface area contributed by atoms with Gasteiger partial charge >= 0.3 is 0 Å². The van der Waals surface area contributed by atoms with Gasteiger partial charge in [-0.1, -0.05) is 41.9 Å². The van der Waals surface area contributed by atoms with E-state index in [0.29, 0.717) is 17.1 Å². The largest absolute Gasteiger partial charge is 0.287 e. The highest BCUT2D eigenvalue weighted by Gasteiger charge is 2.09. The molecular formula is C18H12ClN3O. The third kappa shape index (κ3) is 2.47. The second-order valence-electron chi connectivity index (χ2n) is 5.31. The van der Waals surface area contributed by atoms with Crippen LogP contribution in [0.4, 0.5) is 0 Å². The molecule has 0 N–H and O–H groups in total. The standard InChI is InChI=1S/C18H12ClN3O/c19-18-13(9-12-5-1-3-7-15(12)21-18)11-22-16-8-4-2-6-14(16)17(23)10-20-22/h1-10H,11H2. The zero-order chi connectivity index (χ0) is 15.8. The first-order valence-corrected chi connectivity index (χ1v) is 7.59. The summed E-state index contributed by atoms with van der Waals surface area (Å²) < 4.78 is 1.77. The first kappa shape index (κ1) is 13.9. The van der Waals surface area contributed by atoms with Crippen molar-refractivity contribution in [3.8, 4) is 0 Å². The number of fused-ring (bicyclic) bond motifs is 2. The molecule has 4 rings (SSSR count). The fourth-order valence-corrected chi connectivity index (χ4v) is 2.90. The van der Waals surface area contributed by atoms with E-state index in [2.05, 4.69) is 10.1 Å². The summed E-state index contributed by atoms with van der Waals surface area (Å²) in [4.78, 5) is 16.3. The molecular weight excluding hydrogens is 310 g/mol. The summed E-state index contributed by atoms with van der Waals surface area (Å²) in [5.74, 6) is 0. The molecule has 0 unspecified atom stereocenters. The molecule has 0 spiro atoms. The predicted octanol–water partition coefficient (Wildman–Crippen LogP) is 3.65. The Bertz CT molecular complexity index is 1090. The Hall–Kier alpha value is -2.72. The van der Waals surface area contributed by atoms with E-state index in [1.165, 1.54) is 6.20 Å². The molecule has 0 amide bonds. The molecule has 4 aromatic rings. The highest BCUT2D eigenvalue weighted by molar-refractivity contribution is 6.30. The molecule has 23 heavy (non-hydrogen) atoms. The van der Waals surface area contributed by atoms with Crippen LogP contribution in [-0.4, -0.2) is 14.8 Å². The van der Waals surface area contributed by atoms with Gasteiger partial charge in [-0.2, -0.15) is 5.10 Å². The number of nitrogens with zero attached hydrogens (tertiary/aromatic N) is 3. The van der Waals surface area contributed by atoms with Crippen LogP contribution in [0.15, 0.2) is 65.6 Å². The Balaban J connectivity index is 1.87. The molecule has 0 aliphatic heterocycles. The molecule has 0 radical (unpaired) electrons. The van der Waals surface area contributed by atoms with Gasteiger partial charge in [-0.25, -0.2) is 4.98 Å². The summed E-state index contributed by atoms with van der Waals surface area (Å²) in [6, 6.07) is 17.3. The van der Waals surface area contributed by atoms with Crippen LogP contribution in [0.25, 0.3) is 21.8 Å². The van der Waals surface area contributed by atoms with Crippen LogP contribution in [0.2, 0.25) is 5.15 Å². The normalized spacial score (nSPS) is 11.2. The molecule has 2 heterocycles. The number of pyridine rings is 1. The molecule has 112 valence electrons. The van der Waals surface area contributed by atoms with Crippen molar-refractivity contribution in [1.29, 1.82) is 0 Å². The second kappa shape index (κ2) is 5.48. The topological polar surface area (TPSA) is 47.8 Å². The maximum atomic E-state index is 11.9. The van der Waals surface area contributed by atoms with Crippen LogP contribution in [0.5, 0.6) is 0 Å². The van der Waals surface area contributed by atoms with Crippen molar-refractivity contribution in [2.24, 2.45) is 0 Å². The summed E-state index contributed by atoms with van der Waals surface area (Å²) in [5, 5.41) is 6.36. The van der Waals surface area contributed by atoms with Gasteiger partial charge in [-0.05, 0) is 24.3 Å². The lowest BCUT2D eigenvalue weighted by molar-refractivity contribution is 0.694. The van der Waals surface area contributed by atoms with E-state index in [1.54, 1.807) is 10.7 Å². The zero-order valence-corrected chi connectivity index (χ0v) is 12.9. The van der Waals surface area contributed by atoms with Crippen molar-refractivity contribution in [2.75, 3.05) is 0 Å². The van der Waals surface area contributed by atoms with E-state index < -0.39 is 0 Å². The Kier molecular flexibility index (Phi) is 3.32. The van der Waals surface area contributed by atoms with E-state index in [9.17, 15) is 4.79 Å². The SMILES string of the molecule is O=c1cnn(Cc2cc3ccccc3nc2Cl)c2ccccc12. The smallest absolute Gasteiger partial charge is 0.207 e. The first-order chi connectivity index (χ1) is 11.2. The third-order valence-electron chi connectivity index (χ3n) is 3.83. The van der Waals surface area contributed by atoms with Gasteiger partial charge in [0.15, 0.2) is 0 Å². The van der Waals surface area contributed by atoms with Crippen LogP contribution in [0, 0.1) is 0 Å². The lowest BCUT2D eigenvalue weighted by atomic mass is 10.1. The fraction of sp³-hybridized carbons (Fsp3) is 0.0556. The van der Waals surface area contributed by atoms with Gasteiger partial charge < -0.3 is 0 Å². The number of halogens is 1. The van der Waals surface area contributed by atoms with Crippen molar-refractivity contribution in [2.45, 2.75) is 6.54 Å². The Morgan fingerprint density at radius 3 is 2.74 bits per heavy atom.